The predicted molar refractivity (Wildman–Crippen MR) is 102 cm³/mol. The Kier molecular flexibility index (Phi) is 7.74. The number of carbonyl (C=O) groups excluding carboxylic acids is 1. The normalized spacial score (nSPS) is 19.1. The van der Waals surface area contributed by atoms with E-state index in [1.54, 1.807) is 11.3 Å². The molecular formula is C19H22F3N3O3S. The van der Waals surface area contributed by atoms with Crippen LogP contribution in [0.4, 0.5) is 13.2 Å². The van der Waals surface area contributed by atoms with E-state index in [-0.39, 0.29) is 18.0 Å². The van der Waals surface area contributed by atoms with E-state index in [1.807, 2.05) is 25.1 Å². The summed E-state index contributed by atoms with van der Waals surface area (Å²) >= 11 is 1.74. The highest BCUT2D eigenvalue weighted by Crippen LogP contribution is 2.25. The van der Waals surface area contributed by atoms with Crippen molar-refractivity contribution >= 4 is 23.2 Å². The number of carboxylic acids is 1. The number of hydrogen-bond donors (Lipinski definition) is 3. The van der Waals surface area contributed by atoms with Crippen LogP contribution >= 0.6 is 11.3 Å². The minimum Gasteiger partial charge on any atom is -0.475 e. The van der Waals surface area contributed by atoms with Crippen molar-refractivity contribution in [2.75, 3.05) is 0 Å². The van der Waals surface area contributed by atoms with Gasteiger partial charge in [-0.3, -0.25) is 4.79 Å². The van der Waals surface area contributed by atoms with E-state index >= 15 is 0 Å². The molecule has 0 saturated carbocycles. The number of nitrogens with one attached hydrogen (secondary N) is 2. The zero-order valence-electron chi connectivity index (χ0n) is 15.9. The molecule has 2 heterocycles. The Morgan fingerprint density at radius 2 is 1.93 bits per heavy atom. The molecular weight excluding hydrogens is 407 g/mol. The van der Waals surface area contributed by atoms with Crippen LogP contribution in [0, 0.1) is 13.8 Å². The second-order valence-electron chi connectivity index (χ2n) is 6.53. The molecule has 0 aliphatic carbocycles. The number of hydrogen-bond acceptors (Lipinski definition) is 5. The summed E-state index contributed by atoms with van der Waals surface area (Å²) in [6.45, 7) is 4.90. The van der Waals surface area contributed by atoms with Gasteiger partial charge in [0.25, 0.3) is 0 Å². The van der Waals surface area contributed by atoms with Crippen molar-refractivity contribution in [3.63, 3.8) is 0 Å². The average molecular weight is 429 g/mol. The van der Waals surface area contributed by atoms with Gasteiger partial charge in [-0.2, -0.15) is 13.2 Å². The Morgan fingerprint density at radius 1 is 1.31 bits per heavy atom. The van der Waals surface area contributed by atoms with Crippen molar-refractivity contribution < 1.29 is 27.9 Å². The van der Waals surface area contributed by atoms with Crippen molar-refractivity contribution in [3.8, 4) is 0 Å². The number of amides is 1. The lowest BCUT2D eigenvalue weighted by molar-refractivity contribution is -0.192. The molecule has 0 spiro atoms. The molecule has 1 aromatic carbocycles. The summed E-state index contributed by atoms with van der Waals surface area (Å²) in [5, 5.41) is 14.9. The Bertz CT molecular complexity index is 821. The minimum atomic E-state index is -5.08. The van der Waals surface area contributed by atoms with Crippen molar-refractivity contribution in [2.24, 2.45) is 0 Å². The number of aliphatic carboxylic acids is 1. The molecule has 6 nitrogen and oxygen atoms in total. The quantitative estimate of drug-likeness (QED) is 0.692. The van der Waals surface area contributed by atoms with E-state index in [9.17, 15) is 18.0 Å². The number of alkyl halides is 3. The molecule has 3 N–H and O–H groups in total. The Balaban J connectivity index is 0.000000370. The molecule has 29 heavy (non-hydrogen) atoms. The van der Waals surface area contributed by atoms with Crippen molar-refractivity contribution in [2.45, 2.75) is 51.5 Å². The summed E-state index contributed by atoms with van der Waals surface area (Å²) in [7, 11) is 0. The number of nitrogens with zero attached hydrogens (tertiary/aromatic N) is 1. The molecule has 2 aromatic rings. The molecule has 1 aromatic heterocycles. The lowest BCUT2D eigenvalue weighted by Gasteiger charge is -2.33. The lowest BCUT2D eigenvalue weighted by Crippen LogP contribution is -2.48. The van der Waals surface area contributed by atoms with Gasteiger partial charge in [0.2, 0.25) is 5.91 Å². The van der Waals surface area contributed by atoms with Gasteiger partial charge in [0.05, 0.1) is 11.7 Å². The highest BCUT2D eigenvalue weighted by molar-refractivity contribution is 7.11. The second-order valence-corrected chi connectivity index (χ2v) is 7.82. The molecule has 1 aliphatic heterocycles. The highest BCUT2D eigenvalue weighted by atomic mass is 32.1. The molecule has 0 bridgehead atoms. The van der Waals surface area contributed by atoms with Crippen molar-refractivity contribution in [3.05, 3.63) is 51.5 Å². The fraction of sp³-hybridized carbons (Fsp3) is 0.421. The number of benzene rings is 1. The Morgan fingerprint density at radius 3 is 2.45 bits per heavy atom. The van der Waals surface area contributed by atoms with Gasteiger partial charge >= 0.3 is 12.1 Å². The minimum absolute atomic E-state index is 0.0320. The first-order chi connectivity index (χ1) is 13.6. The van der Waals surface area contributed by atoms with E-state index in [0.29, 0.717) is 6.42 Å². The molecule has 2 atom stereocenters. The Labute approximate surface area is 170 Å². The van der Waals surface area contributed by atoms with Gasteiger partial charge in [0.15, 0.2) is 0 Å². The van der Waals surface area contributed by atoms with Crippen LogP contribution in [0.1, 0.15) is 40.0 Å². The third-order valence-corrected chi connectivity index (χ3v) is 5.46. The van der Waals surface area contributed by atoms with Gasteiger partial charge in [-0.05, 0) is 25.8 Å². The maximum atomic E-state index is 11.8. The number of aromatic nitrogens is 1. The summed E-state index contributed by atoms with van der Waals surface area (Å²) < 4.78 is 31.7. The molecule has 1 aliphatic rings. The van der Waals surface area contributed by atoms with Crippen LogP contribution in [0.3, 0.4) is 0 Å². The van der Waals surface area contributed by atoms with Crippen LogP contribution in [0.2, 0.25) is 0 Å². The molecule has 0 unspecified atom stereocenters. The van der Waals surface area contributed by atoms with Gasteiger partial charge in [-0.25, -0.2) is 9.78 Å². The first-order valence-corrected chi connectivity index (χ1v) is 9.70. The summed E-state index contributed by atoms with van der Waals surface area (Å²) in [6, 6.07) is 10.4. The van der Waals surface area contributed by atoms with Gasteiger partial charge < -0.3 is 15.7 Å². The second kappa shape index (κ2) is 9.84. The third-order valence-electron chi connectivity index (χ3n) is 4.39. The number of aryl methyl sites for hydroxylation is 2. The Hall–Kier alpha value is -2.46. The lowest BCUT2D eigenvalue weighted by atomic mass is 9.92. The average Bonchev–Trinajstić information content (AvgIpc) is 2.99. The molecule has 1 fully saturated rings. The fourth-order valence-corrected chi connectivity index (χ4v) is 3.71. The maximum Gasteiger partial charge on any atom is 0.490 e. The van der Waals surface area contributed by atoms with Crippen molar-refractivity contribution in [1.82, 2.24) is 15.6 Å². The number of thiazole rings is 1. The number of carbonyl (C=O) groups is 2. The number of rotatable bonds is 4. The highest BCUT2D eigenvalue weighted by Gasteiger charge is 2.38. The van der Waals surface area contributed by atoms with Crippen LogP contribution in [0.25, 0.3) is 0 Å². The molecule has 1 saturated heterocycles. The van der Waals surface area contributed by atoms with Crippen molar-refractivity contribution in [1.29, 1.82) is 0 Å². The predicted octanol–water partition coefficient (Wildman–Crippen LogP) is 3.50. The molecule has 0 radical (unpaired) electrons. The zero-order chi connectivity index (χ0) is 21.6. The number of piperidine rings is 1. The summed E-state index contributed by atoms with van der Waals surface area (Å²) in [5.41, 5.74) is 2.26. The molecule has 158 valence electrons. The SMILES string of the molecule is Cc1nc(CN[C@@H]2CCC(=O)N[C@H]2c2ccccc2)sc1C.O=C(O)C(F)(F)F. The van der Waals surface area contributed by atoms with Crippen LogP contribution in [0.5, 0.6) is 0 Å². The fourth-order valence-electron chi connectivity index (χ4n) is 2.83. The summed E-state index contributed by atoms with van der Waals surface area (Å²) in [5.74, 6) is -2.62. The van der Waals surface area contributed by atoms with Gasteiger partial charge in [0.1, 0.15) is 5.01 Å². The van der Waals surface area contributed by atoms with E-state index < -0.39 is 12.1 Å². The van der Waals surface area contributed by atoms with E-state index in [1.165, 1.54) is 4.88 Å². The largest absolute Gasteiger partial charge is 0.490 e. The van der Waals surface area contributed by atoms with E-state index in [2.05, 4.69) is 34.7 Å². The maximum absolute atomic E-state index is 11.8. The summed E-state index contributed by atoms with van der Waals surface area (Å²) in [6.07, 6.45) is -3.65. The van der Waals surface area contributed by atoms with Crippen LogP contribution in [-0.4, -0.2) is 34.2 Å². The van der Waals surface area contributed by atoms with Gasteiger partial charge in [-0.1, -0.05) is 30.3 Å². The smallest absolute Gasteiger partial charge is 0.475 e. The van der Waals surface area contributed by atoms with E-state index in [4.69, 9.17) is 9.90 Å². The number of halogens is 3. The molecule has 1 amide bonds. The first-order valence-electron chi connectivity index (χ1n) is 8.88. The topological polar surface area (TPSA) is 91.3 Å². The zero-order valence-corrected chi connectivity index (χ0v) is 16.7. The number of carboxylic acid groups (broad SMARTS) is 1. The van der Waals surface area contributed by atoms with Crippen LogP contribution < -0.4 is 10.6 Å². The summed E-state index contributed by atoms with van der Waals surface area (Å²) in [4.78, 5) is 26.5. The standard InChI is InChI=1S/C17H21N3OS.C2HF3O2/c1-11-12(2)22-16(19-11)10-18-14-8-9-15(21)20-17(14)13-6-4-3-5-7-13;3-2(4,5)1(6)7/h3-7,14,17-18H,8-10H2,1-2H3,(H,20,21);(H,6,7)/t14-,17+;/m1./s1. The van der Waals surface area contributed by atoms with Crippen LogP contribution in [-0.2, 0) is 16.1 Å². The van der Waals surface area contributed by atoms with E-state index in [0.717, 1.165) is 29.2 Å². The molecule has 3 rings (SSSR count). The monoisotopic (exact) mass is 429 g/mol. The van der Waals surface area contributed by atoms with Crippen LogP contribution in [0.15, 0.2) is 30.3 Å². The molecule has 10 heteroatoms. The van der Waals surface area contributed by atoms with Gasteiger partial charge in [-0.15, -0.1) is 11.3 Å². The first kappa shape index (κ1) is 22.8. The van der Waals surface area contributed by atoms with Gasteiger partial charge in [0, 0.05) is 23.9 Å². The third kappa shape index (κ3) is 6.82.